The molecule has 88 valence electrons. The number of ketones is 1. The molecular formula is C10H13NO5. The molecule has 0 bridgehead atoms. The van der Waals surface area contributed by atoms with Crippen LogP contribution in [0, 0.1) is 11.8 Å². The van der Waals surface area contributed by atoms with Crippen molar-refractivity contribution in [1.29, 1.82) is 0 Å². The quantitative estimate of drug-likeness (QED) is 0.496. The number of carbonyl (C=O) groups excluding carboxylic acids is 3. The molecule has 0 spiro atoms. The van der Waals surface area contributed by atoms with Gasteiger partial charge in [-0.15, -0.1) is 0 Å². The van der Waals surface area contributed by atoms with Crippen molar-refractivity contribution in [3.63, 3.8) is 0 Å². The number of aliphatic hydroxyl groups excluding tert-OH is 1. The number of hydrogen-bond donors (Lipinski definition) is 2. The molecule has 1 amide bonds. The van der Waals surface area contributed by atoms with Crippen LogP contribution in [-0.4, -0.2) is 29.9 Å². The molecule has 0 aliphatic heterocycles. The van der Waals surface area contributed by atoms with E-state index in [1.54, 1.807) is 6.92 Å². The van der Waals surface area contributed by atoms with Gasteiger partial charge in [0, 0.05) is 6.42 Å². The first-order valence-corrected chi connectivity index (χ1v) is 4.74. The lowest BCUT2D eigenvalue weighted by Gasteiger charge is -2.26. The minimum absolute atomic E-state index is 0.0118. The highest BCUT2D eigenvalue weighted by atomic mass is 16.5. The van der Waals surface area contributed by atoms with Crippen molar-refractivity contribution < 1.29 is 24.2 Å². The number of carbonyl (C=O) groups is 3. The SMILES string of the molecule is COC(=O)[C@H]1C(O)=C(C(N)=O)C(=O)C[C@H]1C. The number of nitrogens with two attached hydrogens (primary N) is 1. The fourth-order valence-corrected chi connectivity index (χ4v) is 1.81. The third-order valence-electron chi connectivity index (χ3n) is 2.61. The third kappa shape index (κ3) is 1.91. The molecule has 0 unspecified atom stereocenters. The van der Waals surface area contributed by atoms with Gasteiger partial charge < -0.3 is 15.6 Å². The van der Waals surface area contributed by atoms with Crippen molar-refractivity contribution in [2.75, 3.05) is 7.11 Å². The first-order chi connectivity index (χ1) is 7.40. The Morgan fingerprint density at radius 1 is 1.50 bits per heavy atom. The van der Waals surface area contributed by atoms with Gasteiger partial charge in [0.2, 0.25) is 0 Å². The predicted octanol–water partition coefficient (Wildman–Crippen LogP) is -0.318. The fourth-order valence-electron chi connectivity index (χ4n) is 1.81. The molecule has 0 aromatic heterocycles. The Morgan fingerprint density at radius 2 is 2.06 bits per heavy atom. The van der Waals surface area contributed by atoms with Crippen LogP contribution in [0.2, 0.25) is 0 Å². The lowest BCUT2D eigenvalue weighted by molar-refractivity contribution is -0.147. The van der Waals surface area contributed by atoms with Gasteiger partial charge in [-0.2, -0.15) is 0 Å². The van der Waals surface area contributed by atoms with E-state index in [-0.39, 0.29) is 6.42 Å². The summed E-state index contributed by atoms with van der Waals surface area (Å²) in [4.78, 5) is 33.8. The van der Waals surface area contributed by atoms with Crippen LogP contribution in [0.1, 0.15) is 13.3 Å². The van der Waals surface area contributed by atoms with Crippen LogP contribution in [0.3, 0.4) is 0 Å². The second-order valence-corrected chi connectivity index (χ2v) is 3.73. The first kappa shape index (κ1) is 12.2. The Bertz CT molecular complexity index is 385. The molecule has 0 saturated heterocycles. The maximum Gasteiger partial charge on any atom is 0.316 e. The molecule has 6 nitrogen and oxygen atoms in total. The van der Waals surface area contributed by atoms with Crippen LogP contribution < -0.4 is 5.73 Å². The van der Waals surface area contributed by atoms with E-state index >= 15 is 0 Å². The average molecular weight is 227 g/mol. The average Bonchev–Trinajstić information content (AvgIpc) is 2.15. The number of ether oxygens (including phenoxy) is 1. The van der Waals surface area contributed by atoms with Crippen LogP contribution in [0.15, 0.2) is 11.3 Å². The first-order valence-electron chi connectivity index (χ1n) is 4.74. The van der Waals surface area contributed by atoms with Gasteiger partial charge in [-0.1, -0.05) is 6.92 Å². The molecule has 1 aliphatic carbocycles. The highest BCUT2D eigenvalue weighted by molar-refractivity contribution is 6.20. The Hall–Kier alpha value is -1.85. The van der Waals surface area contributed by atoms with Gasteiger partial charge in [-0.3, -0.25) is 14.4 Å². The Labute approximate surface area is 92.1 Å². The van der Waals surface area contributed by atoms with E-state index in [0.29, 0.717) is 0 Å². The maximum absolute atomic E-state index is 11.4. The van der Waals surface area contributed by atoms with E-state index in [1.165, 1.54) is 7.11 Å². The predicted molar refractivity (Wildman–Crippen MR) is 53.1 cm³/mol. The zero-order valence-corrected chi connectivity index (χ0v) is 9.02. The fraction of sp³-hybridized carbons (Fsp3) is 0.500. The molecular weight excluding hydrogens is 214 g/mol. The van der Waals surface area contributed by atoms with Gasteiger partial charge in [-0.25, -0.2) is 0 Å². The second kappa shape index (κ2) is 4.34. The van der Waals surface area contributed by atoms with E-state index in [1.807, 2.05) is 0 Å². The summed E-state index contributed by atoms with van der Waals surface area (Å²) in [5.41, 5.74) is 4.48. The highest BCUT2D eigenvalue weighted by Gasteiger charge is 2.40. The monoisotopic (exact) mass is 227 g/mol. The molecule has 0 aromatic carbocycles. The molecule has 1 rings (SSSR count). The van der Waals surface area contributed by atoms with Gasteiger partial charge in [0.15, 0.2) is 5.78 Å². The molecule has 0 aromatic rings. The summed E-state index contributed by atoms with van der Waals surface area (Å²) in [7, 11) is 1.17. The van der Waals surface area contributed by atoms with Crippen molar-refractivity contribution in [1.82, 2.24) is 0 Å². The number of primary amides is 1. The molecule has 0 heterocycles. The molecule has 3 N–H and O–H groups in total. The van der Waals surface area contributed by atoms with Gasteiger partial charge in [0.05, 0.1) is 7.11 Å². The van der Waals surface area contributed by atoms with E-state index in [9.17, 15) is 19.5 Å². The lowest BCUT2D eigenvalue weighted by atomic mass is 9.79. The van der Waals surface area contributed by atoms with Crippen LogP contribution in [0.25, 0.3) is 0 Å². The Morgan fingerprint density at radius 3 is 2.50 bits per heavy atom. The molecule has 2 atom stereocenters. The van der Waals surface area contributed by atoms with E-state index in [4.69, 9.17) is 5.73 Å². The Balaban J connectivity index is 3.23. The standard InChI is InChI=1S/C10H13NO5/c1-4-3-5(12)7(9(11)14)8(13)6(4)10(15)16-2/h4,6,13H,3H2,1-2H3,(H2,11,14)/t4-,6-/m1/s1. The highest BCUT2D eigenvalue weighted by Crippen LogP contribution is 2.32. The van der Waals surface area contributed by atoms with Crippen LogP contribution in [0.5, 0.6) is 0 Å². The molecule has 1 aliphatic rings. The summed E-state index contributed by atoms with van der Waals surface area (Å²) in [6.07, 6.45) is -0.0118. The van der Waals surface area contributed by atoms with Crippen LogP contribution >= 0.6 is 0 Å². The van der Waals surface area contributed by atoms with Crippen molar-refractivity contribution in [3.05, 3.63) is 11.3 Å². The Kier molecular flexibility index (Phi) is 3.31. The number of Topliss-reactive ketones (excluding diaryl/α,β-unsaturated/α-hetero) is 1. The molecule has 0 saturated carbocycles. The van der Waals surface area contributed by atoms with Crippen molar-refractivity contribution in [2.45, 2.75) is 13.3 Å². The van der Waals surface area contributed by atoms with E-state index in [2.05, 4.69) is 4.74 Å². The van der Waals surface area contributed by atoms with Gasteiger partial charge in [-0.05, 0) is 5.92 Å². The number of esters is 1. The smallest absolute Gasteiger partial charge is 0.316 e. The maximum atomic E-state index is 11.4. The number of rotatable bonds is 2. The third-order valence-corrected chi connectivity index (χ3v) is 2.61. The molecule has 6 heteroatoms. The van der Waals surface area contributed by atoms with Crippen LogP contribution in [-0.2, 0) is 19.1 Å². The lowest BCUT2D eigenvalue weighted by Crippen LogP contribution is -2.37. The molecule has 0 fully saturated rings. The van der Waals surface area contributed by atoms with Gasteiger partial charge >= 0.3 is 5.97 Å². The van der Waals surface area contributed by atoms with Crippen LogP contribution in [0.4, 0.5) is 0 Å². The van der Waals surface area contributed by atoms with Gasteiger partial charge in [0.25, 0.3) is 5.91 Å². The van der Waals surface area contributed by atoms with Gasteiger partial charge in [0.1, 0.15) is 17.3 Å². The summed E-state index contributed by atoms with van der Waals surface area (Å²) in [6.45, 7) is 1.62. The topological polar surface area (TPSA) is 107 Å². The normalized spacial score (nSPS) is 25.5. The summed E-state index contributed by atoms with van der Waals surface area (Å²) in [5.74, 6) is -4.24. The largest absolute Gasteiger partial charge is 0.510 e. The van der Waals surface area contributed by atoms with E-state index in [0.717, 1.165) is 0 Å². The molecule has 16 heavy (non-hydrogen) atoms. The zero-order chi connectivity index (χ0) is 12.5. The van der Waals surface area contributed by atoms with Crippen molar-refractivity contribution in [3.8, 4) is 0 Å². The second-order valence-electron chi connectivity index (χ2n) is 3.73. The minimum Gasteiger partial charge on any atom is -0.510 e. The summed E-state index contributed by atoms with van der Waals surface area (Å²) >= 11 is 0. The number of aliphatic hydroxyl groups is 1. The summed E-state index contributed by atoms with van der Waals surface area (Å²) in [5, 5.41) is 9.70. The minimum atomic E-state index is -1.02. The zero-order valence-electron chi connectivity index (χ0n) is 9.02. The van der Waals surface area contributed by atoms with Crippen molar-refractivity contribution in [2.24, 2.45) is 17.6 Å². The summed E-state index contributed by atoms with van der Waals surface area (Å²) in [6, 6.07) is 0. The molecule has 0 radical (unpaired) electrons. The summed E-state index contributed by atoms with van der Waals surface area (Å²) < 4.78 is 4.50. The number of amides is 1. The number of hydrogen-bond acceptors (Lipinski definition) is 5. The van der Waals surface area contributed by atoms with Crippen molar-refractivity contribution >= 4 is 17.7 Å². The van der Waals surface area contributed by atoms with E-state index < -0.39 is 40.8 Å². The number of methoxy groups -OCH3 is 1.